The Balaban J connectivity index is 1.18. The zero-order chi connectivity index (χ0) is 41.5. The van der Waals surface area contributed by atoms with Crippen molar-refractivity contribution in [2.24, 2.45) is 0 Å². The first kappa shape index (κ1) is 44.6. The standard InChI is InChI=1S/C57H79N2/c1-7-9-11-13-15-17-19-21-23-32-44-58-50-42-40-46-34-28-30-36-48(46)54(50)56(3,4)52(58)38-26-25-27-39-53-57(5,6)55-49-37-31-29-35-47(49)41-43-51(55)59(53)45-33-24-22-20-18-16-14-12-10-8-2/h25-31,34-43H,7-24,32-33,44-45H2,1-6H3/q+1. The molecule has 2 aliphatic heterocycles. The summed E-state index contributed by atoms with van der Waals surface area (Å²) in [6.07, 6.45) is 39.0. The first-order valence-corrected chi connectivity index (χ1v) is 24.3. The lowest BCUT2D eigenvalue weighted by molar-refractivity contribution is -0.438. The molecule has 2 nitrogen and oxygen atoms in total. The second kappa shape index (κ2) is 22.1. The van der Waals surface area contributed by atoms with Gasteiger partial charge in [-0.05, 0) is 72.0 Å². The SMILES string of the molecule is CCCCCCCCCCCCN1C(=CC=CC=CC2=[N+](CCCCCCCCCCCC)c3ccc4ccccc4c3C2(C)C)C(C)(C)c2c1ccc1ccccc21. The van der Waals surface area contributed by atoms with Crippen LogP contribution in [-0.2, 0) is 10.8 Å². The van der Waals surface area contributed by atoms with Crippen LogP contribution in [0.15, 0.2) is 109 Å². The molecule has 0 unspecified atom stereocenters. The molecule has 0 spiro atoms. The third-order valence-corrected chi connectivity index (χ3v) is 13.7. The Hall–Kier alpha value is -3.91. The van der Waals surface area contributed by atoms with Gasteiger partial charge in [-0.3, -0.25) is 0 Å². The van der Waals surface area contributed by atoms with E-state index in [4.69, 9.17) is 0 Å². The van der Waals surface area contributed by atoms with E-state index in [0.717, 1.165) is 13.1 Å². The van der Waals surface area contributed by atoms with Crippen LogP contribution in [0.4, 0.5) is 11.4 Å². The normalized spacial score (nSPS) is 16.5. The van der Waals surface area contributed by atoms with Gasteiger partial charge in [-0.1, -0.05) is 210 Å². The van der Waals surface area contributed by atoms with Crippen molar-refractivity contribution in [1.82, 2.24) is 0 Å². The first-order valence-electron chi connectivity index (χ1n) is 24.3. The number of rotatable bonds is 25. The summed E-state index contributed by atoms with van der Waals surface area (Å²) in [4.78, 5) is 2.66. The predicted octanol–water partition coefficient (Wildman–Crippen LogP) is 17.0. The quantitative estimate of drug-likeness (QED) is 0.0368. The van der Waals surface area contributed by atoms with Gasteiger partial charge < -0.3 is 4.90 Å². The van der Waals surface area contributed by atoms with E-state index in [9.17, 15) is 0 Å². The summed E-state index contributed by atoms with van der Waals surface area (Å²) in [6.45, 7) is 16.5. The van der Waals surface area contributed by atoms with Crippen LogP contribution in [0.2, 0.25) is 0 Å². The summed E-state index contributed by atoms with van der Waals surface area (Å²) < 4.78 is 2.66. The van der Waals surface area contributed by atoms with Crippen molar-refractivity contribution >= 4 is 38.6 Å². The maximum atomic E-state index is 2.66. The fourth-order valence-corrected chi connectivity index (χ4v) is 10.4. The Bertz CT molecular complexity index is 2070. The molecule has 4 aromatic carbocycles. The highest BCUT2D eigenvalue weighted by atomic mass is 15.2. The van der Waals surface area contributed by atoms with Crippen LogP contribution in [0.3, 0.4) is 0 Å². The van der Waals surface area contributed by atoms with Gasteiger partial charge in [-0.15, -0.1) is 0 Å². The van der Waals surface area contributed by atoms with Gasteiger partial charge in [0.25, 0.3) is 0 Å². The molecule has 0 N–H and O–H groups in total. The third-order valence-electron chi connectivity index (χ3n) is 13.7. The fourth-order valence-electron chi connectivity index (χ4n) is 10.4. The zero-order valence-electron chi connectivity index (χ0n) is 38.3. The van der Waals surface area contributed by atoms with Gasteiger partial charge in [0.2, 0.25) is 5.69 Å². The molecular formula is C57H79N2+. The van der Waals surface area contributed by atoms with E-state index in [-0.39, 0.29) is 10.8 Å². The molecule has 2 heteroatoms. The summed E-state index contributed by atoms with van der Waals surface area (Å²) in [6, 6.07) is 27.4. The van der Waals surface area contributed by atoms with E-state index in [2.05, 4.69) is 154 Å². The van der Waals surface area contributed by atoms with Crippen LogP contribution >= 0.6 is 0 Å². The van der Waals surface area contributed by atoms with Crippen LogP contribution in [0.5, 0.6) is 0 Å². The largest absolute Gasteiger partial charge is 0.344 e. The maximum Gasteiger partial charge on any atom is 0.210 e. The highest BCUT2D eigenvalue weighted by Crippen LogP contribution is 2.51. The lowest BCUT2D eigenvalue weighted by Gasteiger charge is -2.27. The Morgan fingerprint density at radius 2 is 1.00 bits per heavy atom. The number of unbranched alkanes of at least 4 members (excludes halogenated alkanes) is 18. The molecule has 59 heavy (non-hydrogen) atoms. The summed E-state index contributed by atoms with van der Waals surface area (Å²) >= 11 is 0. The van der Waals surface area contributed by atoms with Crippen LogP contribution in [0, 0.1) is 0 Å². The van der Waals surface area contributed by atoms with Crippen LogP contribution < -0.4 is 4.90 Å². The van der Waals surface area contributed by atoms with E-state index in [0.29, 0.717) is 0 Å². The Labute approximate surface area is 360 Å². The van der Waals surface area contributed by atoms with Crippen molar-refractivity contribution in [1.29, 1.82) is 0 Å². The monoisotopic (exact) mass is 792 g/mol. The van der Waals surface area contributed by atoms with E-state index < -0.39 is 0 Å². The highest BCUT2D eigenvalue weighted by molar-refractivity contribution is 6.07. The number of allylic oxidation sites excluding steroid dienone is 6. The van der Waals surface area contributed by atoms with Crippen LogP contribution in [0.1, 0.15) is 181 Å². The molecule has 4 aromatic rings. The number of benzene rings is 4. The molecular weight excluding hydrogens is 713 g/mol. The van der Waals surface area contributed by atoms with Gasteiger partial charge in [0.15, 0.2) is 5.71 Å². The summed E-state index contributed by atoms with van der Waals surface area (Å²) in [5.41, 5.74) is 8.42. The smallest absolute Gasteiger partial charge is 0.210 e. The van der Waals surface area contributed by atoms with Gasteiger partial charge in [0, 0.05) is 47.5 Å². The molecule has 0 aliphatic carbocycles. The van der Waals surface area contributed by atoms with Gasteiger partial charge in [0.05, 0.1) is 5.41 Å². The molecule has 0 atom stereocenters. The molecule has 0 bridgehead atoms. The van der Waals surface area contributed by atoms with Gasteiger partial charge in [-0.2, -0.15) is 4.58 Å². The second-order valence-corrected chi connectivity index (χ2v) is 19.0. The Morgan fingerprint density at radius 1 is 0.492 bits per heavy atom. The number of hydrogen-bond acceptors (Lipinski definition) is 1. The fraction of sp³-hybridized carbons (Fsp3) is 0.526. The molecule has 0 saturated carbocycles. The summed E-state index contributed by atoms with van der Waals surface area (Å²) in [5.74, 6) is 0. The zero-order valence-corrected chi connectivity index (χ0v) is 38.3. The molecule has 0 saturated heterocycles. The van der Waals surface area contributed by atoms with Gasteiger partial charge in [0.1, 0.15) is 6.54 Å². The molecule has 0 fully saturated rings. The molecule has 0 radical (unpaired) electrons. The topological polar surface area (TPSA) is 6.25 Å². The molecule has 6 rings (SSSR count). The van der Waals surface area contributed by atoms with Crippen molar-refractivity contribution in [3.63, 3.8) is 0 Å². The van der Waals surface area contributed by atoms with Crippen LogP contribution in [-0.4, -0.2) is 23.4 Å². The minimum atomic E-state index is -0.0838. The number of fused-ring (bicyclic) bond motifs is 6. The third kappa shape index (κ3) is 10.9. The van der Waals surface area contributed by atoms with E-state index in [1.54, 1.807) is 0 Å². The Kier molecular flexibility index (Phi) is 16.7. The van der Waals surface area contributed by atoms with Crippen molar-refractivity contribution in [2.45, 2.75) is 181 Å². The minimum Gasteiger partial charge on any atom is -0.344 e. The molecule has 316 valence electrons. The Morgan fingerprint density at radius 3 is 1.59 bits per heavy atom. The summed E-state index contributed by atoms with van der Waals surface area (Å²) in [5, 5.41) is 5.46. The predicted molar refractivity (Wildman–Crippen MR) is 261 cm³/mol. The molecule has 0 amide bonds. The van der Waals surface area contributed by atoms with Crippen LogP contribution in [0.25, 0.3) is 21.5 Å². The van der Waals surface area contributed by atoms with Gasteiger partial charge in [-0.25, -0.2) is 0 Å². The van der Waals surface area contributed by atoms with Crippen molar-refractivity contribution < 1.29 is 4.58 Å². The van der Waals surface area contributed by atoms with E-state index in [1.807, 2.05) is 0 Å². The summed E-state index contributed by atoms with van der Waals surface area (Å²) in [7, 11) is 0. The van der Waals surface area contributed by atoms with Crippen molar-refractivity contribution in [3.8, 4) is 0 Å². The van der Waals surface area contributed by atoms with E-state index in [1.165, 1.54) is 184 Å². The van der Waals surface area contributed by atoms with Crippen molar-refractivity contribution in [3.05, 3.63) is 120 Å². The minimum absolute atomic E-state index is 0.0838. The lowest BCUT2D eigenvalue weighted by atomic mass is 9.79. The molecule has 2 aliphatic rings. The number of anilines is 1. The van der Waals surface area contributed by atoms with Gasteiger partial charge >= 0.3 is 0 Å². The molecule has 2 heterocycles. The highest BCUT2D eigenvalue weighted by Gasteiger charge is 2.45. The van der Waals surface area contributed by atoms with E-state index >= 15 is 0 Å². The number of hydrogen-bond donors (Lipinski definition) is 0. The van der Waals surface area contributed by atoms with Crippen molar-refractivity contribution in [2.75, 3.05) is 18.0 Å². The average Bonchev–Trinajstić information content (AvgIpc) is 3.60. The molecule has 0 aromatic heterocycles. The average molecular weight is 792 g/mol. The lowest BCUT2D eigenvalue weighted by Crippen LogP contribution is -2.28. The first-order chi connectivity index (χ1) is 28.8. The maximum absolute atomic E-state index is 2.66. The second-order valence-electron chi connectivity index (χ2n) is 19.0. The number of nitrogens with zero attached hydrogens (tertiary/aromatic N) is 2.